The molecule has 186 valence electrons. The summed E-state index contributed by atoms with van der Waals surface area (Å²) >= 11 is 1.63. The van der Waals surface area contributed by atoms with E-state index in [2.05, 4.69) is 20.6 Å². The largest absolute Gasteiger partial charge is 0.461 e. The molecule has 0 saturated carbocycles. The molecule has 0 fully saturated rings. The first-order valence-corrected chi connectivity index (χ1v) is 13.2. The van der Waals surface area contributed by atoms with Crippen LogP contribution in [0.25, 0.3) is 11.1 Å². The third kappa shape index (κ3) is 7.70. The van der Waals surface area contributed by atoms with E-state index in [1.807, 2.05) is 55.6 Å². The van der Waals surface area contributed by atoms with Crippen LogP contribution in [0, 0.1) is 6.92 Å². The number of nitrogens with zero attached hydrogens (tertiary/aromatic N) is 1. The molecule has 35 heavy (non-hydrogen) atoms. The second-order valence-corrected chi connectivity index (χ2v) is 9.65. The van der Waals surface area contributed by atoms with Gasteiger partial charge in [0.15, 0.2) is 0 Å². The van der Waals surface area contributed by atoms with Crippen molar-refractivity contribution in [3.8, 4) is 11.1 Å². The van der Waals surface area contributed by atoms with Crippen LogP contribution in [0.1, 0.15) is 47.4 Å². The Morgan fingerprint density at radius 3 is 2.60 bits per heavy atom. The van der Waals surface area contributed by atoms with Crippen molar-refractivity contribution in [3.63, 3.8) is 0 Å². The number of aromatic amines is 1. The maximum atomic E-state index is 13.4. The molecule has 0 aliphatic carbocycles. The van der Waals surface area contributed by atoms with Gasteiger partial charge in [-0.3, -0.25) is 4.79 Å². The molecular weight excluding hydrogens is 460 g/mol. The monoisotopic (exact) mass is 494 g/mol. The quantitative estimate of drug-likeness (QED) is 0.321. The molecule has 0 unspecified atom stereocenters. The molecule has 3 rings (SSSR count). The fraction of sp³-hybridized carbons (Fsp3) is 0.370. The number of imidazole rings is 1. The standard InChI is InChI=1S/C27H34N4O3S/c1-18(2)34-27(33)25(11-12-35-4)31-26(32)23-10-9-20(14-28-15-21-16-29-17-30-21)13-24(23)22-8-6-5-7-19(22)3/h5-10,13,16-18,25,28H,11-12,14-15H2,1-4H3,(H,29,30)(H,31,32)/t25-/m0/s1. The highest BCUT2D eigenvalue weighted by molar-refractivity contribution is 7.98. The van der Waals surface area contributed by atoms with Gasteiger partial charge in [-0.15, -0.1) is 0 Å². The lowest BCUT2D eigenvalue weighted by Crippen LogP contribution is -2.43. The average molecular weight is 495 g/mol. The first-order chi connectivity index (χ1) is 16.9. The number of thioether (sulfide) groups is 1. The number of carbonyl (C=O) groups is 2. The number of rotatable bonds is 12. The average Bonchev–Trinajstić information content (AvgIpc) is 3.35. The van der Waals surface area contributed by atoms with E-state index in [0.717, 1.165) is 33.7 Å². The number of esters is 1. The first-order valence-electron chi connectivity index (χ1n) is 11.8. The molecule has 0 aliphatic rings. The maximum Gasteiger partial charge on any atom is 0.328 e. The number of benzene rings is 2. The van der Waals surface area contributed by atoms with E-state index in [1.165, 1.54) is 0 Å². The van der Waals surface area contributed by atoms with Crippen molar-refractivity contribution < 1.29 is 14.3 Å². The molecule has 0 spiro atoms. The van der Waals surface area contributed by atoms with Gasteiger partial charge in [0.1, 0.15) is 6.04 Å². The third-order valence-electron chi connectivity index (χ3n) is 5.52. The molecule has 1 aromatic heterocycles. The van der Waals surface area contributed by atoms with E-state index in [9.17, 15) is 9.59 Å². The molecule has 3 N–H and O–H groups in total. The number of hydrogen-bond acceptors (Lipinski definition) is 6. The van der Waals surface area contributed by atoms with Crippen LogP contribution in [0.3, 0.4) is 0 Å². The van der Waals surface area contributed by atoms with Crippen molar-refractivity contribution in [2.24, 2.45) is 0 Å². The number of aryl methyl sites for hydroxylation is 1. The van der Waals surface area contributed by atoms with Crippen LogP contribution in [0.2, 0.25) is 0 Å². The minimum Gasteiger partial charge on any atom is -0.461 e. The summed E-state index contributed by atoms with van der Waals surface area (Å²) in [6.45, 7) is 6.94. The normalized spacial score (nSPS) is 11.9. The Morgan fingerprint density at radius 1 is 1.11 bits per heavy atom. The fourth-order valence-electron chi connectivity index (χ4n) is 3.76. The predicted molar refractivity (Wildman–Crippen MR) is 141 cm³/mol. The Bertz CT molecular complexity index is 1120. The van der Waals surface area contributed by atoms with Gasteiger partial charge < -0.3 is 20.4 Å². The smallest absolute Gasteiger partial charge is 0.328 e. The van der Waals surface area contributed by atoms with Crippen molar-refractivity contribution >= 4 is 23.6 Å². The lowest BCUT2D eigenvalue weighted by atomic mass is 9.93. The first kappa shape index (κ1) is 26.5. The summed E-state index contributed by atoms with van der Waals surface area (Å²) in [6, 6.07) is 13.1. The zero-order chi connectivity index (χ0) is 25.2. The molecule has 0 bridgehead atoms. The summed E-state index contributed by atoms with van der Waals surface area (Å²) in [5.41, 5.74) is 5.48. The van der Waals surface area contributed by atoms with E-state index in [0.29, 0.717) is 25.1 Å². The van der Waals surface area contributed by atoms with Gasteiger partial charge in [0.05, 0.1) is 12.4 Å². The number of hydrogen-bond donors (Lipinski definition) is 3. The minimum absolute atomic E-state index is 0.243. The van der Waals surface area contributed by atoms with Gasteiger partial charge >= 0.3 is 5.97 Å². The number of nitrogens with one attached hydrogen (secondary N) is 3. The Kier molecular flexibility index (Phi) is 9.93. The molecule has 2 aromatic carbocycles. The van der Waals surface area contributed by atoms with Gasteiger partial charge in [-0.2, -0.15) is 11.8 Å². The third-order valence-corrected chi connectivity index (χ3v) is 6.16. The molecule has 1 atom stereocenters. The van der Waals surface area contributed by atoms with Crippen molar-refractivity contribution in [3.05, 3.63) is 77.4 Å². The van der Waals surface area contributed by atoms with Crippen LogP contribution in [0.15, 0.2) is 55.0 Å². The molecule has 0 saturated heterocycles. The Labute approximate surface area is 211 Å². The topological polar surface area (TPSA) is 96.1 Å². The number of amides is 1. The summed E-state index contributed by atoms with van der Waals surface area (Å²) < 4.78 is 5.40. The number of aromatic nitrogens is 2. The number of H-pyrrole nitrogens is 1. The molecule has 3 aromatic rings. The van der Waals surface area contributed by atoms with Crippen molar-refractivity contribution in [1.29, 1.82) is 0 Å². The summed E-state index contributed by atoms with van der Waals surface area (Å²) in [5.74, 6) is 0.0514. The van der Waals surface area contributed by atoms with Crippen LogP contribution in [0.5, 0.6) is 0 Å². The van der Waals surface area contributed by atoms with Crippen LogP contribution in [-0.4, -0.2) is 46.0 Å². The van der Waals surface area contributed by atoms with E-state index >= 15 is 0 Å². The maximum absolute atomic E-state index is 13.4. The second kappa shape index (κ2) is 13.1. The molecule has 1 amide bonds. The van der Waals surface area contributed by atoms with Crippen molar-refractivity contribution in [1.82, 2.24) is 20.6 Å². The van der Waals surface area contributed by atoms with Crippen molar-refractivity contribution in [2.75, 3.05) is 12.0 Å². The zero-order valence-corrected chi connectivity index (χ0v) is 21.6. The van der Waals surface area contributed by atoms with E-state index in [-0.39, 0.29) is 12.0 Å². The highest BCUT2D eigenvalue weighted by Crippen LogP contribution is 2.28. The molecule has 0 aliphatic heterocycles. The number of ether oxygens (including phenoxy) is 1. The summed E-state index contributed by atoms with van der Waals surface area (Å²) in [5, 5.41) is 6.33. The number of carbonyl (C=O) groups excluding carboxylic acids is 2. The highest BCUT2D eigenvalue weighted by atomic mass is 32.2. The summed E-state index contributed by atoms with van der Waals surface area (Å²) in [7, 11) is 0. The van der Waals surface area contributed by atoms with Gasteiger partial charge in [0.2, 0.25) is 0 Å². The second-order valence-electron chi connectivity index (χ2n) is 8.67. The van der Waals surface area contributed by atoms with Gasteiger partial charge in [-0.25, -0.2) is 9.78 Å². The Hall–Kier alpha value is -3.10. The molecular formula is C27H34N4O3S. The van der Waals surface area contributed by atoms with E-state index in [4.69, 9.17) is 4.74 Å². The van der Waals surface area contributed by atoms with Crippen LogP contribution >= 0.6 is 11.8 Å². The zero-order valence-electron chi connectivity index (χ0n) is 20.8. The Morgan fingerprint density at radius 2 is 1.91 bits per heavy atom. The van der Waals surface area contributed by atoms with Gasteiger partial charge in [-0.05, 0) is 73.6 Å². The highest BCUT2D eigenvalue weighted by Gasteiger charge is 2.25. The fourth-order valence-corrected chi connectivity index (χ4v) is 4.23. The van der Waals surface area contributed by atoms with E-state index < -0.39 is 12.0 Å². The predicted octanol–water partition coefficient (Wildman–Crippen LogP) is 4.48. The Balaban J connectivity index is 1.86. The molecule has 0 radical (unpaired) electrons. The molecule has 8 heteroatoms. The lowest BCUT2D eigenvalue weighted by molar-refractivity contribution is -0.149. The van der Waals surface area contributed by atoms with E-state index in [1.54, 1.807) is 38.1 Å². The lowest BCUT2D eigenvalue weighted by Gasteiger charge is -2.20. The minimum atomic E-state index is -0.696. The summed E-state index contributed by atoms with van der Waals surface area (Å²) in [4.78, 5) is 33.2. The van der Waals surface area contributed by atoms with Gasteiger partial charge in [0, 0.05) is 30.5 Å². The van der Waals surface area contributed by atoms with Crippen LogP contribution in [0.4, 0.5) is 0 Å². The molecule has 1 heterocycles. The van der Waals surface area contributed by atoms with Crippen LogP contribution in [-0.2, 0) is 22.6 Å². The van der Waals surface area contributed by atoms with Crippen molar-refractivity contribution in [2.45, 2.75) is 52.4 Å². The summed E-state index contributed by atoms with van der Waals surface area (Å²) in [6.07, 6.45) is 5.68. The SMILES string of the molecule is CSCC[C@H](NC(=O)c1ccc(CNCc2cnc[nH]2)cc1-c1ccccc1C)C(=O)OC(C)C. The van der Waals surface area contributed by atoms with Crippen LogP contribution < -0.4 is 10.6 Å². The molecule has 7 nitrogen and oxygen atoms in total. The van der Waals surface area contributed by atoms with Gasteiger partial charge in [-0.1, -0.05) is 30.3 Å². The van der Waals surface area contributed by atoms with Gasteiger partial charge in [0.25, 0.3) is 5.91 Å².